The summed E-state index contributed by atoms with van der Waals surface area (Å²) in [5, 5.41) is 3.78. The van der Waals surface area contributed by atoms with Crippen LogP contribution in [0.25, 0.3) is 0 Å². The van der Waals surface area contributed by atoms with E-state index < -0.39 is 0 Å². The number of anilines is 1. The Kier molecular flexibility index (Phi) is 5.99. The van der Waals surface area contributed by atoms with Gasteiger partial charge in [0.1, 0.15) is 6.04 Å². The Balaban J connectivity index is 2.85. The summed E-state index contributed by atoms with van der Waals surface area (Å²) in [6, 6.07) is 7.03. The van der Waals surface area contributed by atoms with Crippen LogP contribution in [0.5, 0.6) is 0 Å². The lowest BCUT2D eigenvalue weighted by atomic mass is 9.99. The fourth-order valence-electron chi connectivity index (χ4n) is 1.65. The van der Waals surface area contributed by atoms with Crippen molar-refractivity contribution in [3.05, 3.63) is 29.3 Å². The van der Waals surface area contributed by atoms with Crippen LogP contribution < -0.4 is 5.32 Å². The van der Waals surface area contributed by atoms with Gasteiger partial charge in [0, 0.05) is 0 Å². The van der Waals surface area contributed by atoms with E-state index in [0.717, 1.165) is 12.1 Å². The van der Waals surface area contributed by atoms with Crippen molar-refractivity contribution in [2.45, 2.75) is 33.2 Å². The largest absolute Gasteiger partial charge is 0.464 e. The minimum absolute atomic E-state index is 0.181. The van der Waals surface area contributed by atoms with Crippen molar-refractivity contribution in [3.63, 3.8) is 0 Å². The lowest BCUT2D eigenvalue weighted by Gasteiger charge is -2.23. The van der Waals surface area contributed by atoms with Crippen molar-refractivity contribution in [1.29, 1.82) is 0 Å². The number of esters is 1. The molecule has 3 nitrogen and oxygen atoms in total. The van der Waals surface area contributed by atoms with Crippen LogP contribution in [-0.2, 0) is 9.53 Å². The predicted octanol–water partition coefficient (Wildman–Crippen LogP) is 3.73. The SMILES string of the molecule is CCOC(=O)C(Nc1ccccc1Cl)C(C)CC. The van der Waals surface area contributed by atoms with Crippen LogP contribution in [0, 0.1) is 5.92 Å². The molecular formula is C14H20ClNO2. The highest BCUT2D eigenvalue weighted by molar-refractivity contribution is 6.33. The summed E-state index contributed by atoms with van der Waals surface area (Å²) in [6.07, 6.45) is 0.890. The number of ether oxygens (including phenoxy) is 1. The van der Waals surface area contributed by atoms with E-state index in [1.807, 2.05) is 32.0 Å². The van der Waals surface area contributed by atoms with E-state index in [4.69, 9.17) is 16.3 Å². The van der Waals surface area contributed by atoms with Gasteiger partial charge in [0.15, 0.2) is 0 Å². The van der Waals surface area contributed by atoms with Crippen molar-refractivity contribution in [2.75, 3.05) is 11.9 Å². The van der Waals surface area contributed by atoms with Crippen molar-refractivity contribution < 1.29 is 9.53 Å². The van der Waals surface area contributed by atoms with Crippen LogP contribution in [0.4, 0.5) is 5.69 Å². The molecule has 0 amide bonds. The first-order chi connectivity index (χ1) is 8.60. The third-order valence-corrected chi connectivity index (χ3v) is 3.27. The van der Waals surface area contributed by atoms with Crippen LogP contribution in [0.15, 0.2) is 24.3 Å². The van der Waals surface area contributed by atoms with Gasteiger partial charge < -0.3 is 10.1 Å². The van der Waals surface area contributed by atoms with Crippen molar-refractivity contribution in [2.24, 2.45) is 5.92 Å². The zero-order valence-electron chi connectivity index (χ0n) is 11.1. The molecular weight excluding hydrogens is 250 g/mol. The maximum absolute atomic E-state index is 11.9. The van der Waals surface area contributed by atoms with E-state index in [1.54, 1.807) is 13.0 Å². The zero-order chi connectivity index (χ0) is 13.5. The van der Waals surface area contributed by atoms with E-state index >= 15 is 0 Å². The standard InChI is InChI=1S/C14H20ClNO2/c1-4-10(3)13(14(17)18-5-2)16-12-9-7-6-8-11(12)15/h6-10,13,16H,4-5H2,1-3H3. The van der Waals surface area contributed by atoms with E-state index in [2.05, 4.69) is 5.32 Å². The third-order valence-electron chi connectivity index (χ3n) is 2.94. The minimum Gasteiger partial charge on any atom is -0.464 e. The summed E-state index contributed by atoms with van der Waals surface area (Å²) >= 11 is 6.08. The highest BCUT2D eigenvalue weighted by atomic mass is 35.5. The van der Waals surface area contributed by atoms with Gasteiger partial charge >= 0.3 is 5.97 Å². The number of nitrogens with one attached hydrogen (secondary N) is 1. The first kappa shape index (κ1) is 14.8. The normalized spacial score (nSPS) is 13.8. The average molecular weight is 270 g/mol. The van der Waals surface area contributed by atoms with Crippen LogP contribution >= 0.6 is 11.6 Å². The van der Waals surface area contributed by atoms with E-state index in [1.165, 1.54) is 0 Å². The predicted molar refractivity (Wildman–Crippen MR) is 75.0 cm³/mol. The van der Waals surface area contributed by atoms with Gasteiger partial charge in [0.25, 0.3) is 0 Å². The monoisotopic (exact) mass is 269 g/mol. The van der Waals surface area contributed by atoms with Gasteiger partial charge in [0.2, 0.25) is 0 Å². The molecule has 0 saturated carbocycles. The van der Waals surface area contributed by atoms with Crippen LogP contribution in [0.2, 0.25) is 5.02 Å². The Hall–Kier alpha value is -1.22. The summed E-state index contributed by atoms with van der Waals surface area (Å²) < 4.78 is 5.09. The highest BCUT2D eigenvalue weighted by Crippen LogP contribution is 2.24. The Morgan fingerprint density at radius 2 is 2.06 bits per heavy atom. The van der Waals surface area contributed by atoms with Crippen LogP contribution in [0.3, 0.4) is 0 Å². The van der Waals surface area contributed by atoms with Gasteiger partial charge in [-0.1, -0.05) is 44.0 Å². The Morgan fingerprint density at radius 3 is 2.61 bits per heavy atom. The molecule has 2 atom stereocenters. The van der Waals surface area contributed by atoms with Gasteiger partial charge in [-0.15, -0.1) is 0 Å². The molecule has 1 aromatic rings. The van der Waals surface area contributed by atoms with Crippen molar-refractivity contribution in [1.82, 2.24) is 0 Å². The molecule has 0 aliphatic heterocycles. The molecule has 0 spiro atoms. The number of benzene rings is 1. The van der Waals surface area contributed by atoms with E-state index in [-0.39, 0.29) is 17.9 Å². The maximum atomic E-state index is 11.9. The minimum atomic E-state index is -0.366. The van der Waals surface area contributed by atoms with Crippen molar-refractivity contribution in [3.8, 4) is 0 Å². The summed E-state index contributed by atoms with van der Waals surface area (Å²) in [7, 11) is 0. The smallest absolute Gasteiger partial charge is 0.328 e. The highest BCUT2D eigenvalue weighted by Gasteiger charge is 2.25. The first-order valence-corrected chi connectivity index (χ1v) is 6.65. The number of carbonyl (C=O) groups excluding carboxylic acids is 1. The molecule has 1 N–H and O–H groups in total. The number of halogens is 1. The molecule has 4 heteroatoms. The molecule has 0 heterocycles. The topological polar surface area (TPSA) is 38.3 Å². The van der Waals surface area contributed by atoms with Crippen LogP contribution in [-0.4, -0.2) is 18.6 Å². The summed E-state index contributed by atoms with van der Waals surface area (Å²) in [4.78, 5) is 11.9. The average Bonchev–Trinajstić information content (AvgIpc) is 2.37. The number of hydrogen-bond acceptors (Lipinski definition) is 3. The molecule has 18 heavy (non-hydrogen) atoms. The zero-order valence-corrected chi connectivity index (χ0v) is 11.8. The molecule has 0 aliphatic rings. The lowest BCUT2D eigenvalue weighted by Crippen LogP contribution is -2.37. The molecule has 1 rings (SSSR count). The molecule has 0 bridgehead atoms. The van der Waals surface area contributed by atoms with Gasteiger partial charge in [-0.05, 0) is 25.0 Å². The second-order valence-corrected chi connectivity index (χ2v) is 4.65. The fraction of sp³-hybridized carbons (Fsp3) is 0.500. The molecule has 0 aliphatic carbocycles. The summed E-state index contributed by atoms with van der Waals surface area (Å²) in [5.74, 6) is -0.0490. The second-order valence-electron chi connectivity index (χ2n) is 4.24. The summed E-state index contributed by atoms with van der Waals surface area (Å²) in [6.45, 7) is 6.26. The number of rotatable bonds is 6. The van der Waals surface area contributed by atoms with E-state index in [9.17, 15) is 4.79 Å². The lowest BCUT2D eigenvalue weighted by molar-refractivity contribution is -0.145. The van der Waals surface area contributed by atoms with Gasteiger partial charge in [0.05, 0.1) is 17.3 Å². The van der Waals surface area contributed by atoms with Gasteiger partial charge in [-0.2, -0.15) is 0 Å². The number of para-hydroxylation sites is 1. The fourth-order valence-corrected chi connectivity index (χ4v) is 1.84. The Morgan fingerprint density at radius 1 is 1.39 bits per heavy atom. The Bertz CT molecular complexity index is 395. The molecule has 0 saturated heterocycles. The molecule has 0 fully saturated rings. The maximum Gasteiger partial charge on any atom is 0.328 e. The molecule has 1 aromatic carbocycles. The Labute approximate surface area is 113 Å². The molecule has 2 unspecified atom stereocenters. The molecule has 100 valence electrons. The second kappa shape index (κ2) is 7.27. The molecule has 0 aromatic heterocycles. The van der Waals surface area contributed by atoms with Gasteiger partial charge in [-0.25, -0.2) is 4.79 Å². The third kappa shape index (κ3) is 3.91. The number of carbonyl (C=O) groups is 1. The van der Waals surface area contributed by atoms with Gasteiger partial charge in [-0.3, -0.25) is 0 Å². The quantitative estimate of drug-likeness (QED) is 0.800. The van der Waals surface area contributed by atoms with E-state index in [0.29, 0.717) is 11.6 Å². The van der Waals surface area contributed by atoms with Crippen LogP contribution in [0.1, 0.15) is 27.2 Å². The summed E-state index contributed by atoms with van der Waals surface area (Å²) in [5.41, 5.74) is 0.762. The number of hydrogen-bond donors (Lipinski definition) is 1. The molecule has 0 radical (unpaired) electrons. The van der Waals surface area contributed by atoms with Crippen molar-refractivity contribution >= 4 is 23.3 Å². The first-order valence-electron chi connectivity index (χ1n) is 6.27.